The molecule has 14 nitrogen and oxygen atoms in total. The molecule has 0 fully saturated rings. The number of anilines is 3. The number of amides is 5. The van der Waals surface area contributed by atoms with Crippen molar-refractivity contribution in [1.29, 1.82) is 0 Å². The molecule has 0 saturated carbocycles. The Kier molecular flexibility index (Phi) is 12.7. The van der Waals surface area contributed by atoms with E-state index in [1.165, 1.54) is 6.20 Å². The van der Waals surface area contributed by atoms with Crippen molar-refractivity contribution >= 4 is 68.7 Å². The number of urea groups is 2. The minimum atomic E-state index is -0.583. The number of nitrogens with one attached hydrogen (secondary N) is 5. The summed E-state index contributed by atoms with van der Waals surface area (Å²) in [6, 6.07) is 23.3. The molecule has 54 heavy (non-hydrogen) atoms. The summed E-state index contributed by atoms with van der Waals surface area (Å²) in [6.45, 7) is 5.18. The van der Waals surface area contributed by atoms with Crippen LogP contribution in [0.5, 0.6) is 11.5 Å². The van der Waals surface area contributed by atoms with Crippen LogP contribution < -0.4 is 31.3 Å². The van der Waals surface area contributed by atoms with Gasteiger partial charge in [0.25, 0.3) is 0 Å². The van der Waals surface area contributed by atoms with Gasteiger partial charge in [-0.2, -0.15) is 5.10 Å². The Bertz CT molecular complexity index is 2210. The van der Waals surface area contributed by atoms with Crippen LogP contribution in [-0.4, -0.2) is 55.4 Å². The number of hydrogen-bond acceptors (Lipinski definition) is 7. The highest BCUT2D eigenvalue weighted by atomic mass is 127. The second-order valence-corrected chi connectivity index (χ2v) is 14.0. The number of hydrogen-bond donors (Lipinski definition) is 5. The number of alkyl halides is 1. The van der Waals surface area contributed by atoms with Crippen LogP contribution in [0.4, 0.5) is 26.9 Å². The summed E-state index contributed by atoms with van der Waals surface area (Å²) in [5.74, 6) is 1.46. The molecule has 0 aliphatic rings. The van der Waals surface area contributed by atoms with Crippen LogP contribution in [0.3, 0.4) is 0 Å². The largest absolute Gasteiger partial charge is 0.457 e. The fourth-order valence-electron chi connectivity index (χ4n) is 5.63. The smallest absolute Gasteiger partial charge is 0.324 e. The lowest BCUT2D eigenvalue weighted by Gasteiger charge is -2.15. The zero-order chi connectivity index (χ0) is 37.9. The minimum absolute atomic E-state index is 0.188. The molecular formula is C39H41IN10O4. The van der Waals surface area contributed by atoms with Crippen LogP contribution in [0.15, 0.2) is 104 Å². The molecule has 3 aromatic heterocycles. The number of aryl methyl sites for hydroxylation is 2. The average molecular weight is 841 g/mol. The molecule has 0 aliphatic heterocycles. The van der Waals surface area contributed by atoms with E-state index in [2.05, 4.69) is 66.1 Å². The molecule has 6 rings (SSSR count). The van der Waals surface area contributed by atoms with Crippen molar-refractivity contribution in [1.82, 2.24) is 34.9 Å². The topological polar surface area (TPSA) is 169 Å². The molecule has 3 aromatic carbocycles. The summed E-state index contributed by atoms with van der Waals surface area (Å²) in [7, 11) is 0. The van der Waals surface area contributed by atoms with Gasteiger partial charge in [0, 0.05) is 54.6 Å². The van der Waals surface area contributed by atoms with Crippen LogP contribution in [0.2, 0.25) is 0 Å². The third kappa shape index (κ3) is 10.1. The fraction of sp³-hybridized carbons (Fsp3) is 0.231. The van der Waals surface area contributed by atoms with Crippen LogP contribution in [0.1, 0.15) is 41.4 Å². The lowest BCUT2D eigenvalue weighted by molar-refractivity contribution is -0.120. The number of fused-ring (bicyclic) bond motifs is 1. The summed E-state index contributed by atoms with van der Waals surface area (Å²) in [4.78, 5) is 46.4. The van der Waals surface area contributed by atoms with Crippen molar-refractivity contribution < 1.29 is 19.1 Å². The van der Waals surface area contributed by atoms with E-state index in [9.17, 15) is 14.4 Å². The normalized spacial score (nSPS) is 11.5. The second-order valence-electron chi connectivity index (χ2n) is 12.5. The van der Waals surface area contributed by atoms with Gasteiger partial charge >= 0.3 is 12.1 Å². The molecule has 3 heterocycles. The Morgan fingerprint density at radius 3 is 2.48 bits per heavy atom. The molecule has 5 N–H and O–H groups in total. The molecule has 15 heteroatoms. The number of nitrogens with zero attached hydrogens (tertiary/aromatic N) is 5. The molecule has 1 unspecified atom stereocenters. The molecule has 5 amide bonds. The van der Waals surface area contributed by atoms with E-state index in [-0.39, 0.29) is 22.2 Å². The van der Waals surface area contributed by atoms with Gasteiger partial charge in [-0.25, -0.2) is 24.2 Å². The van der Waals surface area contributed by atoms with Crippen LogP contribution in [0.25, 0.3) is 16.5 Å². The quantitative estimate of drug-likeness (QED) is 0.0397. The number of carbonyl (C=O) groups is 3. The fourth-order valence-corrected chi connectivity index (χ4v) is 6.55. The zero-order valence-electron chi connectivity index (χ0n) is 29.9. The summed E-state index contributed by atoms with van der Waals surface area (Å²) in [5.41, 5.74) is 3.46. The number of benzene rings is 3. The van der Waals surface area contributed by atoms with Gasteiger partial charge in [-0.15, -0.1) is 0 Å². The van der Waals surface area contributed by atoms with Crippen molar-refractivity contribution in [3.63, 3.8) is 0 Å². The maximum atomic E-state index is 13.5. The second kappa shape index (κ2) is 18.2. The summed E-state index contributed by atoms with van der Waals surface area (Å²) >= 11 is 2.40. The lowest BCUT2D eigenvalue weighted by atomic mass is 10.1. The number of ether oxygens (including phenoxy) is 1. The van der Waals surface area contributed by atoms with Crippen molar-refractivity contribution in [3.05, 3.63) is 115 Å². The van der Waals surface area contributed by atoms with Crippen molar-refractivity contribution in [2.75, 3.05) is 29.0 Å². The highest BCUT2D eigenvalue weighted by molar-refractivity contribution is 14.1. The molecule has 0 bridgehead atoms. The maximum Gasteiger partial charge on any atom is 0.324 e. The first-order chi connectivity index (χ1) is 26.2. The summed E-state index contributed by atoms with van der Waals surface area (Å²) in [5, 5.41) is 20.3. The van der Waals surface area contributed by atoms with Crippen LogP contribution >= 0.6 is 22.6 Å². The molecule has 6 aromatic rings. The van der Waals surface area contributed by atoms with Crippen molar-refractivity contribution in [2.24, 2.45) is 0 Å². The van der Waals surface area contributed by atoms with E-state index in [1.54, 1.807) is 41.5 Å². The third-order valence-electron chi connectivity index (χ3n) is 8.33. The average Bonchev–Trinajstić information content (AvgIpc) is 3.85. The summed E-state index contributed by atoms with van der Waals surface area (Å²) < 4.78 is 10.1. The first kappa shape index (κ1) is 37.8. The Morgan fingerprint density at radius 1 is 0.889 bits per heavy atom. The number of rotatable bonds is 15. The highest BCUT2D eigenvalue weighted by Gasteiger charge is 2.18. The van der Waals surface area contributed by atoms with Gasteiger partial charge in [0.05, 0.1) is 33.9 Å². The predicted molar refractivity (Wildman–Crippen MR) is 218 cm³/mol. The van der Waals surface area contributed by atoms with E-state index in [1.807, 2.05) is 72.3 Å². The molecule has 0 radical (unpaired) electrons. The number of carbonyl (C=O) groups excluding carboxylic acids is 3. The maximum absolute atomic E-state index is 13.5. The molecule has 278 valence electrons. The standard InChI is InChI=1S/C39H41IN10O4/c1-3-7-31(40)33-23-36(50(48-33)27-12-10-26(2)11-13-27)47-39(53)45-32-14-15-34(30-9-5-4-8-29(30)32)54-28-16-18-42-35(22-28)46-38(52)44-24-37(51)43-17-6-20-49-21-19-41-25-49/h4-5,8-16,18-19,21-23,25,31H,3,6-7,17,20,24H2,1-2H3,(H,43,51)(H2,45,47,53)(H2,42,44,46,52). The molecule has 0 saturated heterocycles. The van der Waals surface area contributed by atoms with Gasteiger partial charge in [0.15, 0.2) is 0 Å². The van der Waals surface area contributed by atoms with Crippen molar-refractivity contribution in [2.45, 2.75) is 43.6 Å². The predicted octanol–water partition coefficient (Wildman–Crippen LogP) is 7.97. The molecule has 1 atom stereocenters. The van der Waals surface area contributed by atoms with Gasteiger partial charge in [-0.1, -0.05) is 77.9 Å². The Morgan fingerprint density at radius 2 is 1.70 bits per heavy atom. The highest BCUT2D eigenvalue weighted by Crippen LogP contribution is 2.35. The van der Waals surface area contributed by atoms with E-state index in [0.29, 0.717) is 29.5 Å². The van der Waals surface area contributed by atoms with Crippen LogP contribution in [-0.2, 0) is 11.3 Å². The van der Waals surface area contributed by atoms with Gasteiger partial charge in [-0.05, 0) is 50.1 Å². The van der Waals surface area contributed by atoms with Crippen LogP contribution in [0, 0.1) is 6.92 Å². The van der Waals surface area contributed by atoms with E-state index < -0.39 is 12.1 Å². The zero-order valence-corrected chi connectivity index (χ0v) is 32.0. The lowest BCUT2D eigenvalue weighted by Crippen LogP contribution is -2.39. The SMILES string of the molecule is CCCC(I)c1cc(NC(=O)Nc2ccc(Oc3ccnc(NC(=O)NCC(=O)NCCCn4ccnc4)c3)c3ccccc23)n(-c2ccc(C)cc2)n1. The third-order valence-corrected chi connectivity index (χ3v) is 9.59. The van der Waals surface area contributed by atoms with E-state index in [4.69, 9.17) is 9.84 Å². The molecular weight excluding hydrogens is 799 g/mol. The first-order valence-electron chi connectivity index (χ1n) is 17.6. The monoisotopic (exact) mass is 840 g/mol. The van der Waals surface area contributed by atoms with Gasteiger partial charge in [0.1, 0.15) is 23.1 Å². The van der Waals surface area contributed by atoms with Gasteiger partial charge < -0.3 is 25.3 Å². The number of aromatic nitrogens is 5. The van der Waals surface area contributed by atoms with Crippen molar-refractivity contribution in [3.8, 4) is 17.2 Å². The molecule has 0 spiro atoms. The number of halogens is 1. The Labute approximate surface area is 326 Å². The summed E-state index contributed by atoms with van der Waals surface area (Å²) in [6.07, 6.45) is 9.51. The van der Waals surface area contributed by atoms with Gasteiger partial charge in [-0.3, -0.25) is 15.4 Å². The Balaban J connectivity index is 1.08. The van der Waals surface area contributed by atoms with E-state index in [0.717, 1.165) is 53.5 Å². The minimum Gasteiger partial charge on any atom is -0.457 e. The number of imidazole rings is 1. The number of pyridine rings is 1. The van der Waals surface area contributed by atoms with E-state index >= 15 is 0 Å². The first-order valence-corrected chi connectivity index (χ1v) is 18.8. The Hall–Kier alpha value is -5.97. The van der Waals surface area contributed by atoms with Gasteiger partial charge in [0.2, 0.25) is 5.91 Å². The molecule has 0 aliphatic carbocycles.